The molecule has 90 valence electrons. The van der Waals surface area contributed by atoms with E-state index in [2.05, 4.69) is 6.92 Å². The Labute approximate surface area is 102 Å². The van der Waals surface area contributed by atoms with Gasteiger partial charge in [-0.15, -0.1) is 0 Å². The van der Waals surface area contributed by atoms with E-state index in [-0.39, 0.29) is 0 Å². The Kier molecular flexibility index (Phi) is 5.71. The molecule has 0 aliphatic heterocycles. The summed E-state index contributed by atoms with van der Waals surface area (Å²) in [6, 6.07) is 6.03. The largest absolute Gasteiger partial charge is 0.496 e. The van der Waals surface area contributed by atoms with Crippen LogP contribution < -0.4 is 4.74 Å². The van der Waals surface area contributed by atoms with Crippen LogP contribution >= 0.6 is 11.8 Å². The minimum absolute atomic E-state index is 0.422. The summed E-state index contributed by atoms with van der Waals surface area (Å²) in [5.41, 5.74) is 2.15. The quantitative estimate of drug-likeness (QED) is 0.828. The van der Waals surface area contributed by atoms with Gasteiger partial charge in [0.2, 0.25) is 0 Å². The molecule has 2 nitrogen and oxygen atoms in total. The standard InChI is InChI=1S/C13H20O2S/c1-4-10-5-6-13(15-2)11(9-10)12(14)7-8-16-3/h5-6,9,12,14H,4,7-8H2,1-3H3. The van der Waals surface area contributed by atoms with Crippen LogP contribution in [0.1, 0.15) is 30.6 Å². The maximum atomic E-state index is 10.1. The van der Waals surface area contributed by atoms with Gasteiger partial charge in [0.1, 0.15) is 5.75 Å². The number of hydrogen-bond donors (Lipinski definition) is 1. The predicted octanol–water partition coefficient (Wildman–Crippen LogP) is 3.04. The molecule has 1 atom stereocenters. The minimum Gasteiger partial charge on any atom is -0.496 e. The van der Waals surface area contributed by atoms with E-state index in [1.807, 2.05) is 24.5 Å². The summed E-state index contributed by atoms with van der Waals surface area (Å²) in [5.74, 6) is 1.74. The van der Waals surface area contributed by atoms with E-state index in [9.17, 15) is 5.11 Å². The fraction of sp³-hybridized carbons (Fsp3) is 0.538. The van der Waals surface area contributed by atoms with Crippen LogP contribution in [-0.4, -0.2) is 24.2 Å². The Balaban J connectivity index is 2.89. The highest BCUT2D eigenvalue weighted by atomic mass is 32.2. The van der Waals surface area contributed by atoms with Crippen molar-refractivity contribution in [2.75, 3.05) is 19.1 Å². The van der Waals surface area contributed by atoms with Gasteiger partial charge in [-0.3, -0.25) is 0 Å². The topological polar surface area (TPSA) is 29.5 Å². The van der Waals surface area contributed by atoms with Gasteiger partial charge >= 0.3 is 0 Å². The molecular formula is C13H20O2S. The van der Waals surface area contributed by atoms with Gasteiger partial charge < -0.3 is 9.84 Å². The second-order valence-corrected chi connectivity index (χ2v) is 4.71. The first-order valence-corrected chi connectivity index (χ1v) is 6.96. The predicted molar refractivity (Wildman–Crippen MR) is 70.3 cm³/mol. The third-order valence-electron chi connectivity index (χ3n) is 2.66. The minimum atomic E-state index is -0.422. The molecule has 0 saturated heterocycles. The van der Waals surface area contributed by atoms with E-state index >= 15 is 0 Å². The van der Waals surface area contributed by atoms with E-state index < -0.39 is 6.10 Å². The van der Waals surface area contributed by atoms with Gasteiger partial charge in [0.15, 0.2) is 0 Å². The molecule has 1 rings (SSSR count). The summed E-state index contributed by atoms with van der Waals surface area (Å²) in [7, 11) is 1.64. The Morgan fingerprint density at radius 2 is 2.19 bits per heavy atom. The van der Waals surface area contributed by atoms with Gasteiger partial charge in [0.25, 0.3) is 0 Å². The van der Waals surface area contributed by atoms with Gasteiger partial charge in [0, 0.05) is 5.56 Å². The Bertz CT molecular complexity index is 326. The van der Waals surface area contributed by atoms with E-state index in [1.54, 1.807) is 18.9 Å². The number of thioether (sulfide) groups is 1. The molecular weight excluding hydrogens is 220 g/mol. The molecule has 0 radical (unpaired) electrons. The SMILES string of the molecule is CCc1ccc(OC)c(C(O)CCSC)c1. The van der Waals surface area contributed by atoms with Crippen molar-refractivity contribution in [3.05, 3.63) is 29.3 Å². The number of aliphatic hydroxyl groups excluding tert-OH is 1. The van der Waals surface area contributed by atoms with Crippen LogP contribution in [0.5, 0.6) is 5.75 Å². The summed E-state index contributed by atoms with van der Waals surface area (Å²) >= 11 is 1.75. The summed E-state index contributed by atoms with van der Waals surface area (Å²) in [4.78, 5) is 0. The molecule has 1 aromatic rings. The monoisotopic (exact) mass is 240 g/mol. The Hall–Kier alpha value is -0.670. The van der Waals surface area contributed by atoms with Crippen LogP contribution in [0.25, 0.3) is 0 Å². The van der Waals surface area contributed by atoms with Crippen molar-refractivity contribution >= 4 is 11.8 Å². The Morgan fingerprint density at radius 1 is 1.44 bits per heavy atom. The second-order valence-electron chi connectivity index (χ2n) is 3.73. The lowest BCUT2D eigenvalue weighted by molar-refractivity contribution is 0.170. The van der Waals surface area contributed by atoms with Crippen molar-refractivity contribution < 1.29 is 9.84 Å². The van der Waals surface area contributed by atoms with Crippen molar-refractivity contribution in [3.63, 3.8) is 0 Å². The van der Waals surface area contributed by atoms with E-state index in [0.717, 1.165) is 29.9 Å². The maximum absolute atomic E-state index is 10.1. The van der Waals surface area contributed by atoms with E-state index in [0.29, 0.717) is 0 Å². The zero-order valence-electron chi connectivity index (χ0n) is 10.2. The summed E-state index contributed by atoms with van der Waals surface area (Å²) in [5, 5.41) is 10.1. The third-order valence-corrected chi connectivity index (χ3v) is 3.30. The average molecular weight is 240 g/mol. The molecule has 0 bridgehead atoms. The zero-order chi connectivity index (χ0) is 12.0. The fourth-order valence-corrected chi connectivity index (χ4v) is 2.11. The first-order valence-electron chi connectivity index (χ1n) is 5.56. The third kappa shape index (κ3) is 3.42. The van der Waals surface area contributed by atoms with Crippen LogP contribution in [-0.2, 0) is 6.42 Å². The molecule has 1 N–H and O–H groups in total. The lowest BCUT2D eigenvalue weighted by Gasteiger charge is -2.15. The number of benzene rings is 1. The Morgan fingerprint density at radius 3 is 2.75 bits per heavy atom. The highest BCUT2D eigenvalue weighted by Gasteiger charge is 2.13. The van der Waals surface area contributed by atoms with Crippen molar-refractivity contribution in [2.45, 2.75) is 25.9 Å². The smallest absolute Gasteiger partial charge is 0.124 e. The van der Waals surface area contributed by atoms with Crippen molar-refractivity contribution in [2.24, 2.45) is 0 Å². The number of rotatable bonds is 6. The molecule has 0 amide bonds. The molecule has 1 unspecified atom stereocenters. The van der Waals surface area contributed by atoms with Crippen LogP contribution in [0.3, 0.4) is 0 Å². The lowest BCUT2D eigenvalue weighted by Crippen LogP contribution is -2.03. The van der Waals surface area contributed by atoms with Gasteiger partial charge in [-0.1, -0.05) is 13.0 Å². The lowest BCUT2D eigenvalue weighted by atomic mass is 10.0. The molecule has 0 aromatic heterocycles. The molecule has 1 aromatic carbocycles. The fourth-order valence-electron chi connectivity index (χ4n) is 1.65. The van der Waals surface area contributed by atoms with Gasteiger partial charge in [0.05, 0.1) is 13.2 Å². The number of aliphatic hydroxyl groups is 1. The number of aryl methyl sites for hydroxylation is 1. The number of methoxy groups -OCH3 is 1. The van der Waals surface area contributed by atoms with E-state index in [4.69, 9.17) is 4.74 Å². The summed E-state index contributed by atoms with van der Waals surface area (Å²) in [6.45, 7) is 2.11. The average Bonchev–Trinajstić information content (AvgIpc) is 2.35. The van der Waals surface area contributed by atoms with Gasteiger partial charge in [-0.2, -0.15) is 11.8 Å². The summed E-state index contributed by atoms with van der Waals surface area (Å²) < 4.78 is 5.28. The maximum Gasteiger partial charge on any atom is 0.124 e. The van der Waals surface area contributed by atoms with Crippen molar-refractivity contribution in [1.82, 2.24) is 0 Å². The van der Waals surface area contributed by atoms with Crippen LogP contribution in [0.2, 0.25) is 0 Å². The molecule has 0 saturated carbocycles. The van der Waals surface area contributed by atoms with Crippen molar-refractivity contribution in [1.29, 1.82) is 0 Å². The van der Waals surface area contributed by atoms with Gasteiger partial charge in [-0.25, -0.2) is 0 Å². The molecule has 0 heterocycles. The zero-order valence-corrected chi connectivity index (χ0v) is 11.0. The van der Waals surface area contributed by atoms with Gasteiger partial charge in [-0.05, 0) is 42.5 Å². The molecule has 0 aliphatic rings. The number of ether oxygens (including phenoxy) is 1. The molecule has 0 aliphatic carbocycles. The summed E-state index contributed by atoms with van der Waals surface area (Å²) in [6.07, 6.45) is 3.37. The van der Waals surface area contributed by atoms with Crippen LogP contribution in [0, 0.1) is 0 Å². The van der Waals surface area contributed by atoms with Crippen LogP contribution in [0.15, 0.2) is 18.2 Å². The van der Waals surface area contributed by atoms with E-state index in [1.165, 1.54) is 5.56 Å². The normalized spacial score (nSPS) is 12.5. The van der Waals surface area contributed by atoms with Crippen LogP contribution in [0.4, 0.5) is 0 Å². The second kappa shape index (κ2) is 6.81. The first kappa shape index (κ1) is 13.4. The molecule has 3 heteroatoms. The van der Waals surface area contributed by atoms with Crippen molar-refractivity contribution in [3.8, 4) is 5.75 Å². The highest BCUT2D eigenvalue weighted by Crippen LogP contribution is 2.29. The number of hydrogen-bond acceptors (Lipinski definition) is 3. The molecule has 16 heavy (non-hydrogen) atoms. The first-order chi connectivity index (χ1) is 7.72. The molecule has 0 fully saturated rings. The molecule has 0 spiro atoms. The highest BCUT2D eigenvalue weighted by molar-refractivity contribution is 7.98.